The summed E-state index contributed by atoms with van der Waals surface area (Å²) < 4.78 is 0. The van der Waals surface area contributed by atoms with Crippen molar-refractivity contribution in [2.45, 2.75) is 57.8 Å². The standard InChI is InChI=1S/C12H20O3/c13-11(6-3-7-12(14)15)9-8-10-4-1-2-5-10/h10H,1-9H2,(H,14,15). The lowest BCUT2D eigenvalue weighted by Gasteiger charge is -2.06. The van der Waals surface area contributed by atoms with Crippen LogP contribution in [0.3, 0.4) is 0 Å². The summed E-state index contributed by atoms with van der Waals surface area (Å²) in [5, 5.41) is 8.42. The van der Waals surface area contributed by atoms with Gasteiger partial charge in [0.25, 0.3) is 0 Å². The third kappa shape index (κ3) is 5.55. The molecule has 1 N–H and O–H groups in total. The molecular weight excluding hydrogens is 192 g/mol. The molecule has 1 fully saturated rings. The lowest BCUT2D eigenvalue weighted by atomic mass is 9.98. The molecule has 3 nitrogen and oxygen atoms in total. The van der Waals surface area contributed by atoms with Crippen molar-refractivity contribution < 1.29 is 14.7 Å². The Kier molecular flexibility index (Phi) is 5.37. The second kappa shape index (κ2) is 6.59. The topological polar surface area (TPSA) is 54.4 Å². The predicted molar refractivity (Wildman–Crippen MR) is 57.7 cm³/mol. The van der Waals surface area contributed by atoms with E-state index in [4.69, 9.17) is 5.11 Å². The average molecular weight is 212 g/mol. The normalized spacial score (nSPS) is 16.8. The molecule has 1 aliphatic carbocycles. The van der Waals surface area contributed by atoms with Crippen molar-refractivity contribution in [2.75, 3.05) is 0 Å². The van der Waals surface area contributed by atoms with Crippen LogP contribution in [0.2, 0.25) is 0 Å². The van der Waals surface area contributed by atoms with Gasteiger partial charge in [-0.3, -0.25) is 9.59 Å². The van der Waals surface area contributed by atoms with Crippen LogP contribution in [0.25, 0.3) is 0 Å². The van der Waals surface area contributed by atoms with E-state index in [1.807, 2.05) is 0 Å². The van der Waals surface area contributed by atoms with E-state index < -0.39 is 5.97 Å². The largest absolute Gasteiger partial charge is 0.481 e. The number of aliphatic carboxylic acids is 1. The van der Waals surface area contributed by atoms with E-state index in [1.165, 1.54) is 25.7 Å². The Balaban J connectivity index is 2.00. The average Bonchev–Trinajstić information content (AvgIpc) is 2.66. The summed E-state index contributed by atoms with van der Waals surface area (Å²) in [7, 11) is 0. The molecule has 86 valence electrons. The van der Waals surface area contributed by atoms with Gasteiger partial charge in [-0.05, 0) is 18.8 Å². The Morgan fingerprint density at radius 2 is 1.73 bits per heavy atom. The fourth-order valence-electron chi connectivity index (χ4n) is 2.23. The highest BCUT2D eigenvalue weighted by atomic mass is 16.4. The monoisotopic (exact) mass is 212 g/mol. The molecule has 0 aromatic carbocycles. The van der Waals surface area contributed by atoms with Crippen LogP contribution in [0.4, 0.5) is 0 Å². The molecule has 0 saturated heterocycles. The molecule has 0 heterocycles. The second-order valence-corrected chi connectivity index (χ2v) is 4.48. The number of hydrogen-bond acceptors (Lipinski definition) is 2. The van der Waals surface area contributed by atoms with Crippen molar-refractivity contribution in [1.29, 1.82) is 0 Å². The third-order valence-electron chi connectivity index (χ3n) is 3.15. The van der Waals surface area contributed by atoms with E-state index >= 15 is 0 Å². The van der Waals surface area contributed by atoms with Crippen molar-refractivity contribution >= 4 is 11.8 Å². The van der Waals surface area contributed by atoms with Crippen LogP contribution in [0.1, 0.15) is 57.8 Å². The minimum absolute atomic E-state index is 0.120. The first-order valence-corrected chi connectivity index (χ1v) is 5.92. The Hall–Kier alpha value is -0.860. The molecule has 3 heteroatoms. The molecule has 1 aliphatic rings. The van der Waals surface area contributed by atoms with Gasteiger partial charge in [0.15, 0.2) is 0 Å². The summed E-state index contributed by atoms with van der Waals surface area (Å²) in [4.78, 5) is 21.6. The first-order chi connectivity index (χ1) is 7.18. The number of hydrogen-bond donors (Lipinski definition) is 1. The molecule has 0 atom stereocenters. The molecule has 0 aromatic rings. The zero-order valence-corrected chi connectivity index (χ0v) is 9.21. The number of Topliss-reactive ketones (excluding diaryl/α,β-unsaturated/α-hetero) is 1. The number of rotatable bonds is 7. The maximum absolute atomic E-state index is 11.4. The molecule has 0 bridgehead atoms. The van der Waals surface area contributed by atoms with Gasteiger partial charge < -0.3 is 5.11 Å². The lowest BCUT2D eigenvalue weighted by Crippen LogP contribution is -2.03. The van der Waals surface area contributed by atoms with Gasteiger partial charge in [-0.1, -0.05) is 25.7 Å². The van der Waals surface area contributed by atoms with Crippen LogP contribution in [-0.2, 0) is 9.59 Å². The number of ketones is 1. The zero-order valence-electron chi connectivity index (χ0n) is 9.21. The van der Waals surface area contributed by atoms with Crippen molar-refractivity contribution in [2.24, 2.45) is 5.92 Å². The molecule has 0 aliphatic heterocycles. The van der Waals surface area contributed by atoms with Crippen LogP contribution in [-0.4, -0.2) is 16.9 Å². The highest BCUT2D eigenvalue weighted by molar-refractivity contribution is 5.78. The maximum atomic E-state index is 11.4. The SMILES string of the molecule is O=C(O)CCCC(=O)CCC1CCCC1. The Morgan fingerprint density at radius 1 is 1.07 bits per heavy atom. The van der Waals surface area contributed by atoms with Gasteiger partial charge in [-0.2, -0.15) is 0 Å². The Bertz CT molecular complexity index is 217. The minimum atomic E-state index is -0.807. The van der Waals surface area contributed by atoms with Gasteiger partial charge in [0.1, 0.15) is 5.78 Å². The van der Waals surface area contributed by atoms with Crippen LogP contribution in [0, 0.1) is 5.92 Å². The number of carbonyl (C=O) groups is 2. The van der Waals surface area contributed by atoms with Gasteiger partial charge >= 0.3 is 5.97 Å². The maximum Gasteiger partial charge on any atom is 0.303 e. The number of carboxylic acids is 1. The summed E-state index contributed by atoms with van der Waals surface area (Å²) >= 11 is 0. The lowest BCUT2D eigenvalue weighted by molar-refractivity contribution is -0.137. The molecule has 0 amide bonds. The van der Waals surface area contributed by atoms with Crippen molar-refractivity contribution in [1.82, 2.24) is 0 Å². The molecule has 0 unspecified atom stereocenters. The van der Waals surface area contributed by atoms with Crippen molar-refractivity contribution in [3.05, 3.63) is 0 Å². The zero-order chi connectivity index (χ0) is 11.1. The molecule has 0 spiro atoms. The van der Waals surface area contributed by atoms with Gasteiger partial charge in [0, 0.05) is 19.3 Å². The molecule has 0 radical (unpaired) electrons. The fourth-order valence-corrected chi connectivity index (χ4v) is 2.23. The van der Waals surface area contributed by atoms with Crippen LogP contribution in [0.5, 0.6) is 0 Å². The number of carbonyl (C=O) groups excluding carboxylic acids is 1. The van der Waals surface area contributed by atoms with E-state index in [1.54, 1.807) is 0 Å². The van der Waals surface area contributed by atoms with Crippen molar-refractivity contribution in [3.8, 4) is 0 Å². The smallest absolute Gasteiger partial charge is 0.303 e. The summed E-state index contributed by atoms with van der Waals surface area (Å²) in [6.45, 7) is 0. The van der Waals surface area contributed by atoms with Gasteiger partial charge in [0.2, 0.25) is 0 Å². The van der Waals surface area contributed by atoms with E-state index in [0.29, 0.717) is 19.3 Å². The van der Waals surface area contributed by atoms with Gasteiger partial charge in [-0.15, -0.1) is 0 Å². The van der Waals surface area contributed by atoms with Crippen LogP contribution < -0.4 is 0 Å². The second-order valence-electron chi connectivity index (χ2n) is 4.48. The Morgan fingerprint density at radius 3 is 2.33 bits per heavy atom. The number of carboxylic acid groups (broad SMARTS) is 1. The van der Waals surface area contributed by atoms with Gasteiger partial charge in [0.05, 0.1) is 0 Å². The molecule has 0 aromatic heterocycles. The Labute approximate surface area is 90.9 Å². The highest BCUT2D eigenvalue weighted by Crippen LogP contribution is 2.28. The quantitative estimate of drug-likeness (QED) is 0.706. The van der Waals surface area contributed by atoms with E-state index in [9.17, 15) is 9.59 Å². The molecule has 15 heavy (non-hydrogen) atoms. The van der Waals surface area contributed by atoms with Gasteiger partial charge in [-0.25, -0.2) is 0 Å². The van der Waals surface area contributed by atoms with E-state index in [0.717, 1.165) is 12.3 Å². The van der Waals surface area contributed by atoms with Crippen LogP contribution in [0.15, 0.2) is 0 Å². The fraction of sp³-hybridized carbons (Fsp3) is 0.833. The van der Waals surface area contributed by atoms with E-state index in [2.05, 4.69) is 0 Å². The third-order valence-corrected chi connectivity index (χ3v) is 3.15. The van der Waals surface area contributed by atoms with Crippen molar-refractivity contribution in [3.63, 3.8) is 0 Å². The predicted octanol–water partition coefficient (Wildman–Crippen LogP) is 2.78. The van der Waals surface area contributed by atoms with E-state index in [-0.39, 0.29) is 12.2 Å². The highest BCUT2D eigenvalue weighted by Gasteiger charge is 2.15. The molecule has 1 saturated carbocycles. The summed E-state index contributed by atoms with van der Waals surface area (Å²) in [6, 6.07) is 0. The minimum Gasteiger partial charge on any atom is -0.481 e. The molecule has 1 rings (SSSR count). The molecular formula is C12H20O3. The first kappa shape index (κ1) is 12.2. The first-order valence-electron chi connectivity index (χ1n) is 5.92. The summed E-state index contributed by atoms with van der Waals surface area (Å²) in [5.74, 6) is 0.190. The van der Waals surface area contributed by atoms with Crippen LogP contribution >= 0.6 is 0 Å². The summed E-state index contributed by atoms with van der Waals surface area (Å²) in [6.07, 6.45) is 7.93. The summed E-state index contributed by atoms with van der Waals surface area (Å²) in [5.41, 5.74) is 0.